The fraction of sp³-hybridized carbons (Fsp3) is 0.471. The minimum absolute atomic E-state index is 0.155. The van der Waals surface area contributed by atoms with Crippen LogP contribution in [0.2, 0.25) is 0 Å². The fourth-order valence-electron chi connectivity index (χ4n) is 3.85. The van der Waals surface area contributed by atoms with E-state index in [0.717, 1.165) is 42.6 Å². The fourth-order valence-corrected chi connectivity index (χ4v) is 3.85. The molecule has 1 aliphatic carbocycles. The average Bonchev–Trinajstić information content (AvgIpc) is 2.47. The van der Waals surface area contributed by atoms with Gasteiger partial charge >= 0.3 is 0 Å². The van der Waals surface area contributed by atoms with Crippen molar-refractivity contribution in [1.82, 2.24) is 0 Å². The summed E-state index contributed by atoms with van der Waals surface area (Å²) in [6.45, 7) is 2.90. The van der Waals surface area contributed by atoms with Crippen LogP contribution in [-0.2, 0) is 4.79 Å². The summed E-state index contributed by atoms with van der Waals surface area (Å²) in [6, 6.07) is 8.21. The summed E-state index contributed by atoms with van der Waals surface area (Å²) in [5.74, 6) is 0.171. The molecule has 1 aromatic rings. The lowest BCUT2D eigenvalue weighted by Gasteiger charge is -2.43. The first-order chi connectivity index (χ1) is 9.64. The molecule has 1 aromatic carbocycles. The molecule has 2 unspecified atom stereocenters. The minimum atomic E-state index is -0.460. The van der Waals surface area contributed by atoms with Crippen molar-refractivity contribution in [3.8, 4) is 0 Å². The second-order valence-corrected chi connectivity index (χ2v) is 6.09. The number of amides is 1. The lowest BCUT2D eigenvalue weighted by atomic mass is 9.61. The van der Waals surface area contributed by atoms with Crippen molar-refractivity contribution >= 4 is 17.7 Å². The number of benzene rings is 1. The van der Waals surface area contributed by atoms with Crippen LogP contribution < -0.4 is 11.1 Å². The first kappa shape index (κ1) is 13.2. The quantitative estimate of drug-likeness (QED) is 0.867. The maximum absolute atomic E-state index is 12.3. The van der Waals surface area contributed by atoms with Crippen LogP contribution in [0.5, 0.6) is 0 Å². The first-order valence-corrected chi connectivity index (χ1v) is 7.48. The van der Waals surface area contributed by atoms with Gasteiger partial charge in [0.15, 0.2) is 0 Å². The normalized spacial score (nSPS) is 29.1. The standard InChI is InChI=1S/C17H22N2O/c1-12-6-4-5-9-17(12,16(18)20)14-10-13-7-2-3-8-15(13)19-11-14/h2-3,7-8,10,12,19H,4-6,9,11H2,1H3,(H2,18,20). The zero-order valence-corrected chi connectivity index (χ0v) is 12.0. The van der Waals surface area contributed by atoms with Crippen LogP contribution in [0, 0.1) is 11.3 Å². The SMILES string of the molecule is CC1CCCCC1(C(N)=O)C1=Cc2ccccc2NC1. The molecule has 3 rings (SSSR count). The van der Waals surface area contributed by atoms with E-state index in [-0.39, 0.29) is 5.91 Å². The van der Waals surface area contributed by atoms with E-state index in [2.05, 4.69) is 30.4 Å². The van der Waals surface area contributed by atoms with E-state index >= 15 is 0 Å². The van der Waals surface area contributed by atoms with Crippen LogP contribution in [0.4, 0.5) is 5.69 Å². The highest BCUT2D eigenvalue weighted by molar-refractivity contribution is 5.88. The van der Waals surface area contributed by atoms with Gasteiger partial charge < -0.3 is 11.1 Å². The number of carbonyl (C=O) groups is 1. The molecule has 3 nitrogen and oxygen atoms in total. The highest BCUT2D eigenvalue weighted by atomic mass is 16.1. The second-order valence-electron chi connectivity index (χ2n) is 6.09. The number of para-hydroxylation sites is 1. The highest BCUT2D eigenvalue weighted by Crippen LogP contribution is 2.48. The Morgan fingerprint density at radius 1 is 1.35 bits per heavy atom. The molecular formula is C17H22N2O. The summed E-state index contributed by atoms with van der Waals surface area (Å²) in [4.78, 5) is 12.3. The summed E-state index contributed by atoms with van der Waals surface area (Å²) >= 11 is 0. The number of nitrogens with one attached hydrogen (secondary N) is 1. The van der Waals surface area contributed by atoms with E-state index in [1.807, 2.05) is 12.1 Å². The van der Waals surface area contributed by atoms with Crippen molar-refractivity contribution in [2.75, 3.05) is 11.9 Å². The maximum Gasteiger partial charge on any atom is 0.228 e. The van der Waals surface area contributed by atoms with Gasteiger partial charge in [0.25, 0.3) is 0 Å². The zero-order valence-electron chi connectivity index (χ0n) is 12.0. The molecule has 1 heterocycles. The number of fused-ring (bicyclic) bond motifs is 1. The Kier molecular flexibility index (Phi) is 3.28. The highest BCUT2D eigenvalue weighted by Gasteiger charge is 2.46. The Morgan fingerprint density at radius 2 is 2.15 bits per heavy atom. The molecule has 0 saturated heterocycles. The molecular weight excluding hydrogens is 248 g/mol. The number of rotatable bonds is 2. The topological polar surface area (TPSA) is 55.1 Å². The Labute approximate surface area is 120 Å². The van der Waals surface area contributed by atoms with Crippen molar-refractivity contribution in [2.24, 2.45) is 17.1 Å². The molecule has 1 saturated carbocycles. The number of hydrogen-bond acceptors (Lipinski definition) is 2. The summed E-state index contributed by atoms with van der Waals surface area (Å²) in [5.41, 5.74) is 8.84. The number of anilines is 1. The van der Waals surface area contributed by atoms with Gasteiger partial charge in [0.2, 0.25) is 5.91 Å². The van der Waals surface area contributed by atoms with Gasteiger partial charge in [-0.1, -0.05) is 44.0 Å². The van der Waals surface area contributed by atoms with Crippen LogP contribution in [0.1, 0.15) is 38.2 Å². The molecule has 20 heavy (non-hydrogen) atoms. The van der Waals surface area contributed by atoms with Crippen molar-refractivity contribution in [2.45, 2.75) is 32.6 Å². The third kappa shape index (κ3) is 1.92. The van der Waals surface area contributed by atoms with Gasteiger partial charge in [0.05, 0.1) is 5.41 Å². The zero-order chi connectivity index (χ0) is 14.2. The summed E-state index contributed by atoms with van der Waals surface area (Å²) in [6.07, 6.45) is 6.44. The minimum Gasteiger partial charge on any atom is -0.381 e. The van der Waals surface area contributed by atoms with Gasteiger partial charge in [-0.15, -0.1) is 0 Å². The third-order valence-electron chi connectivity index (χ3n) is 5.07. The van der Waals surface area contributed by atoms with Gasteiger partial charge in [-0.2, -0.15) is 0 Å². The molecule has 2 aliphatic rings. The number of nitrogens with two attached hydrogens (primary N) is 1. The predicted octanol–water partition coefficient (Wildman–Crippen LogP) is 3.18. The van der Waals surface area contributed by atoms with E-state index in [9.17, 15) is 4.79 Å². The molecule has 1 aliphatic heterocycles. The predicted molar refractivity (Wildman–Crippen MR) is 82.2 cm³/mol. The van der Waals surface area contributed by atoms with Crippen LogP contribution >= 0.6 is 0 Å². The Morgan fingerprint density at radius 3 is 2.90 bits per heavy atom. The van der Waals surface area contributed by atoms with Crippen molar-refractivity contribution in [3.63, 3.8) is 0 Å². The van der Waals surface area contributed by atoms with Crippen LogP contribution in [0.15, 0.2) is 29.8 Å². The molecule has 0 aromatic heterocycles. The van der Waals surface area contributed by atoms with Crippen molar-refractivity contribution in [1.29, 1.82) is 0 Å². The van der Waals surface area contributed by atoms with Gasteiger partial charge in [0.1, 0.15) is 0 Å². The van der Waals surface area contributed by atoms with E-state index in [1.165, 1.54) is 6.42 Å². The average molecular weight is 270 g/mol. The van der Waals surface area contributed by atoms with Crippen LogP contribution in [0.3, 0.4) is 0 Å². The molecule has 0 radical (unpaired) electrons. The van der Waals surface area contributed by atoms with E-state index < -0.39 is 5.41 Å². The lowest BCUT2D eigenvalue weighted by Crippen LogP contribution is -2.47. The molecule has 1 fully saturated rings. The van der Waals surface area contributed by atoms with Crippen LogP contribution in [0.25, 0.3) is 6.08 Å². The largest absolute Gasteiger partial charge is 0.381 e. The van der Waals surface area contributed by atoms with E-state index in [4.69, 9.17) is 5.73 Å². The summed E-state index contributed by atoms with van der Waals surface area (Å²) in [7, 11) is 0. The smallest absolute Gasteiger partial charge is 0.228 e. The van der Waals surface area contributed by atoms with Crippen LogP contribution in [-0.4, -0.2) is 12.5 Å². The first-order valence-electron chi connectivity index (χ1n) is 7.48. The Bertz CT molecular complexity index is 564. The molecule has 0 bridgehead atoms. The summed E-state index contributed by atoms with van der Waals surface area (Å²) in [5, 5.41) is 3.43. The van der Waals surface area contributed by atoms with Gasteiger partial charge in [-0.25, -0.2) is 0 Å². The molecule has 0 spiro atoms. The molecule has 106 valence electrons. The molecule has 2 atom stereocenters. The van der Waals surface area contributed by atoms with Crippen molar-refractivity contribution in [3.05, 3.63) is 35.4 Å². The Balaban J connectivity index is 2.06. The Hall–Kier alpha value is -1.77. The lowest BCUT2D eigenvalue weighted by molar-refractivity contribution is -0.129. The second kappa shape index (κ2) is 4.97. The van der Waals surface area contributed by atoms with E-state index in [1.54, 1.807) is 0 Å². The number of hydrogen-bond donors (Lipinski definition) is 2. The van der Waals surface area contributed by atoms with Crippen molar-refractivity contribution < 1.29 is 4.79 Å². The third-order valence-corrected chi connectivity index (χ3v) is 5.07. The number of primary amides is 1. The number of carbonyl (C=O) groups excluding carboxylic acids is 1. The molecule has 3 heteroatoms. The van der Waals surface area contributed by atoms with Gasteiger partial charge in [0, 0.05) is 12.2 Å². The molecule has 1 amide bonds. The summed E-state index contributed by atoms with van der Waals surface area (Å²) < 4.78 is 0. The van der Waals surface area contributed by atoms with Gasteiger partial charge in [-0.05, 0) is 36.0 Å². The van der Waals surface area contributed by atoms with Gasteiger partial charge in [-0.3, -0.25) is 4.79 Å². The molecule has 3 N–H and O–H groups in total. The van der Waals surface area contributed by atoms with E-state index in [0.29, 0.717) is 5.92 Å². The monoisotopic (exact) mass is 270 g/mol. The maximum atomic E-state index is 12.3.